The highest BCUT2D eigenvalue weighted by atomic mass is 79.9. The van der Waals surface area contributed by atoms with Crippen molar-refractivity contribution in [1.29, 1.82) is 0 Å². The highest BCUT2D eigenvalue weighted by molar-refractivity contribution is 9.09. The molecule has 1 heterocycles. The van der Waals surface area contributed by atoms with Gasteiger partial charge in [-0.25, -0.2) is 8.42 Å². The van der Waals surface area contributed by atoms with Crippen LogP contribution in [0.1, 0.15) is 44.9 Å². The molecule has 0 aliphatic heterocycles. The van der Waals surface area contributed by atoms with Crippen LogP contribution < -0.4 is 0 Å². The second-order valence-electron chi connectivity index (χ2n) is 4.41. The molecule has 0 aliphatic rings. The summed E-state index contributed by atoms with van der Waals surface area (Å²) in [4.78, 5) is 0. The Kier molecular flexibility index (Phi) is 8.18. The average Bonchev–Trinajstić information content (AvgIpc) is 2.87. The van der Waals surface area contributed by atoms with E-state index in [1.54, 1.807) is 12.1 Å². The molecule has 0 amide bonds. The molecule has 0 bridgehead atoms. The van der Waals surface area contributed by atoms with E-state index >= 15 is 0 Å². The molecule has 104 valence electrons. The van der Waals surface area contributed by atoms with Crippen molar-refractivity contribution in [3.63, 3.8) is 0 Å². The molecule has 0 spiro atoms. The summed E-state index contributed by atoms with van der Waals surface area (Å²) in [6.07, 6.45) is 7.99. The third kappa shape index (κ3) is 6.34. The maximum atomic E-state index is 11.9. The van der Waals surface area contributed by atoms with Crippen molar-refractivity contribution in [2.24, 2.45) is 0 Å². The first-order valence-corrected chi connectivity index (χ1v) is 10.1. The number of halogens is 1. The number of hydrogen-bond donors (Lipinski definition) is 0. The number of unbranched alkanes of at least 4 members (excludes halogenated alkanes) is 6. The molecule has 1 aromatic heterocycles. The number of thiophene rings is 1. The average molecular weight is 353 g/mol. The molecule has 0 atom stereocenters. The third-order valence-corrected chi connectivity index (χ3v) is 6.70. The van der Waals surface area contributed by atoms with Crippen LogP contribution in [-0.2, 0) is 9.84 Å². The number of hydrogen-bond acceptors (Lipinski definition) is 3. The Morgan fingerprint density at radius 2 is 1.61 bits per heavy atom. The fourth-order valence-corrected chi connectivity index (χ4v) is 4.73. The lowest BCUT2D eigenvalue weighted by Gasteiger charge is -2.02. The lowest BCUT2D eigenvalue weighted by Crippen LogP contribution is -2.04. The fraction of sp³-hybridized carbons (Fsp3) is 0.692. The van der Waals surface area contributed by atoms with Crippen molar-refractivity contribution in [1.82, 2.24) is 0 Å². The van der Waals surface area contributed by atoms with Gasteiger partial charge in [-0.05, 0) is 24.3 Å². The zero-order valence-corrected chi connectivity index (χ0v) is 13.8. The van der Waals surface area contributed by atoms with E-state index in [-0.39, 0.29) is 0 Å². The summed E-state index contributed by atoms with van der Waals surface area (Å²) in [6.45, 7) is 0. The second-order valence-corrected chi connectivity index (χ2v) is 8.49. The van der Waals surface area contributed by atoms with E-state index in [4.69, 9.17) is 0 Å². The van der Waals surface area contributed by atoms with E-state index in [1.807, 2.05) is 5.38 Å². The van der Waals surface area contributed by atoms with E-state index in [1.165, 1.54) is 37.0 Å². The van der Waals surface area contributed by atoms with Crippen LogP contribution in [0.2, 0.25) is 0 Å². The third-order valence-electron chi connectivity index (χ3n) is 2.85. The predicted octanol–water partition coefficient (Wildman–Crippen LogP) is 4.65. The summed E-state index contributed by atoms with van der Waals surface area (Å²) in [6, 6.07) is 3.49. The Hall–Kier alpha value is 0.130. The molecule has 18 heavy (non-hydrogen) atoms. The number of alkyl halides is 1. The van der Waals surface area contributed by atoms with Gasteiger partial charge in [0.15, 0.2) is 9.84 Å². The molecule has 0 saturated heterocycles. The van der Waals surface area contributed by atoms with Gasteiger partial charge in [0.1, 0.15) is 4.21 Å². The highest BCUT2D eigenvalue weighted by Crippen LogP contribution is 2.19. The first-order chi connectivity index (χ1) is 8.67. The smallest absolute Gasteiger partial charge is 0.187 e. The van der Waals surface area contributed by atoms with Crippen molar-refractivity contribution < 1.29 is 8.42 Å². The fourth-order valence-electron chi connectivity index (χ4n) is 1.81. The van der Waals surface area contributed by atoms with Gasteiger partial charge < -0.3 is 0 Å². The molecule has 2 nitrogen and oxygen atoms in total. The number of sulfone groups is 1. The van der Waals surface area contributed by atoms with Crippen LogP contribution in [0.25, 0.3) is 0 Å². The van der Waals surface area contributed by atoms with Crippen LogP contribution in [0.5, 0.6) is 0 Å². The molecule has 0 fully saturated rings. The van der Waals surface area contributed by atoms with Gasteiger partial charge in [0, 0.05) is 5.33 Å². The summed E-state index contributed by atoms with van der Waals surface area (Å²) in [5.41, 5.74) is 0. The zero-order valence-electron chi connectivity index (χ0n) is 10.6. The summed E-state index contributed by atoms with van der Waals surface area (Å²) in [5, 5.41) is 2.91. The van der Waals surface area contributed by atoms with E-state index < -0.39 is 9.84 Å². The van der Waals surface area contributed by atoms with E-state index in [0.29, 0.717) is 9.96 Å². The predicted molar refractivity (Wildman–Crippen MR) is 82.5 cm³/mol. The van der Waals surface area contributed by atoms with Gasteiger partial charge in [-0.2, -0.15) is 0 Å². The normalized spacial score (nSPS) is 11.8. The molecule has 1 aromatic rings. The molecule has 0 aliphatic carbocycles. The van der Waals surface area contributed by atoms with Crippen molar-refractivity contribution in [3.8, 4) is 0 Å². The van der Waals surface area contributed by atoms with Crippen molar-refractivity contribution in [2.45, 2.75) is 49.2 Å². The van der Waals surface area contributed by atoms with Gasteiger partial charge in [0.2, 0.25) is 0 Å². The Morgan fingerprint density at radius 3 is 2.17 bits per heavy atom. The van der Waals surface area contributed by atoms with Crippen molar-refractivity contribution >= 4 is 37.1 Å². The molecule has 0 radical (unpaired) electrons. The first-order valence-electron chi connectivity index (χ1n) is 6.49. The monoisotopic (exact) mass is 352 g/mol. The Bertz CT molecular complexity index is 399. The van der Waals surface area contributed by atoms with Gasteiger partial charge >= 0.3 is 0 Å². The Morgan fingerprint density at radius 1 is 1.00 bits per heavy atom. The molecule has 0 saturated carbocycles. The van der Waals surface area contributed by atoms with Crippen LogP contribution in [0, 0.1) is 0 Å². The summed E-state index contributed by atoms with van der Waals surface area (Å²) >= 11 is 4.73. The van der Waals surface area contributed by atoms with Crippen molar-refractivity contribution in [3.05, 3.63) is 17.5 Å². The van der Waals surface area contributed by atoms with Crippen molar-refractivity contribution in [2.75, 3.05) is 11.1 Å². The van der Waals surface area contributed by atoms with Gasteiger partial charge in [-0.1, -0.05) is 54.1 Å². The van der Waals surface area contributed by atoms with Crippen LogP contribution in [0.15, 0.2) is 21.7 Å². The Labute approximate surface area is 123 Å². The maximum absolute atomic E-state index is 11.9. The van der Waals surface area contributed by atoms with Crippen LogP contribution >= 0.6 is 27.3 Å². The van der Waals surface area contributed by atoms with Crippen LogP contribution in [0.3, 0.4) is 0 Å². The molecule has 1 rings (SSSR count). The van der Waals surface area contributed by atoms with E-state index in [2.05, 4.69) is 15.9 Å². The molecule has 0 unspecified atom stereocenters. The quantitative estimate of drug-likeness (QED) is 0.453. The summed E-state index contributed by atoms with van der Waals surface area (Å²) in [7, 11) is -3.01. The van der Waals surface area contributed by atoms with Gasteiger partial charge in [-0.3, -0.25) is 0 Å². The highest BCUT2D eigenvalue weighted by Gasteiger charge is 2.14. The minimum atomic E-state index is -3.01. The lowest BCUT2D eigenvalue weighted by atomic mass is 10.1. The SMILES string of the molecule is O=S(=O)(CCCCCCCCCBr)c1cccs1. The molecular formula is C13H21BrO2S2. The molecule has 0 N–H and O–H groups in total. The molecule has 0 aromatic carbocycles. The second kappa shape index (κ2) is 9.10. The van der Waals surface area contributed by atoms with Crippen LogP contribution in [-0.4, -0.2) is 19.5 Å². The van der Waals surface area contributed by atoms with Crippen LogP contribution in [0.4, 0.5) is 0 Å². The Balaban J connectivity index is 2.08. The summed E-state index contributed by atoms with van der Waals surface area (Å²) < 4.78 is 24.3. The molecular weight excluding hydrogens is 332 g/mol. The minimum absolute atomic E-state index is 0.301. The molecule has 5 heteroatoms. The van der Waals surface area contributed by atoms with Gasteiger partial charge in [0.25, 0.3) is 0 Å². The van der Waals surface area contributed by atoms with E-state index in [0.717, 1.165) is 24.6 Å². The lowest BCUT2D eigenvalue weighted by molar-refractivity contribution is 0.581. The first kappa shape index (κ1) is 16.2. The summed E-state index contributed by atoms with van der Waals surface area (Å²) in [5.74, 6) is 0.301. The maximum Gasteiger partial charge on any atom is 0.187 e. The largest absolute Gasteiger partial charge is 0.223 e. The van der Waals surface area contributed by atoms with E-state index in [9.17, 15) is 8.42 Å². The topological polar surface area (TPSA) is 34.1 Å². The van der Waals surface area contributed by atoms with Gasteiger partial charge in [0.05, 0.1) is 5.75 Å². The van der Waals surface area contributed by atoms with Gasteiger partial charge in [-0.15, -0.1) is 11.3 Å². The zero-order chi connectivity index (χ0) is 13.3. The number of rotatable bonds is 10. The standard InChI is InChI=1S/C13H21BrO2S2/c14-10-6-4-2-1-3-5-7-12-18(15,16)13-9-8-11-17-13/h8-9,11H,1-7,10,12H2. The minimum Gasteiger partial charge on any atom is -0.223 e.